The molecule has 2 unspecified atom stereocenters. The number of rotatable bonds is 7. The van der Waals surface area contributed by atoms with Crippen LogP contribution in [0.2, 0.25) is 0 Å². The Balaban J connectivity index is 1.71. The third-order valence-electron chi connectivity index (χ3n) is 3.94. The van der Waals surface area contributed by atoms with E-state index in [2.05, 4.69) is 5.32 Å². The normalized spacial score (nSPS) is 20.8. The highest BCUT2D eigenvalue weighted by Gasteiger charge is 2.29. The summed E-state index contributed by atoms with van der Waals surface area (Å²) in [6.45, 7) is 1.43. The molecule has 1 saturated heterocycles. The SMILES string of the molecule is CN(CCCOc1ccc(S(C)(=O)=O)cc1)C(=O)C1CC(O)CN1. The summed E-state index contributed by atoms with van der Waals surface area (Å²) in [6, 6.07) is 5.95. The van der Waals surface area contributed by atoms with Crippen LogP contribution in [0.3, 0.4) is 0 Å². The maximum Gasteiger partial charge on any atom is 0.239 e. The Morgan fingerprint density at radius 3 is 2.58 bits per heavy atom. The molecule has 2 N–H and O–H groups in total. The Hall–Kier alpha value is -1.64. The minimum absolute atomic E-state index is 0.0240. The summed E-state index contributed by atoms with van der Waals surface area (Å²) >= 11 is 0. The number of aliphatic hydroxyl groups is 1. The van der Waals surface area contributed by atoms with Crippen molar-refractivity contribution in [2.75, 3.05) is 33.0 Å². The molecule has 134 valence electrons. The zero-order valence-electron chi connectivity index (χ0n) is 13.9. The summed E-state index contributed by atoms with van der Waals surface area (Å²) in [4.78, 5) is 14.0. The number of hydrogen-bond donors (Lipinski definition) is 2. The summed E-state index contributed by atoms with van der Waals surface area (Å²) in [5, 5.41) is 12.4. The summed E-state index contributed by atoms with van der Waals surface area (Å²) < 4.78 is 28.3. The van der Waals surface area contributed by atoms with E-state index in [0.29, 0.717) is 38.3 Å². The number of aliphatic hydroxyl groups excluding tert-OH is 1. The van der Waals surface area contributed by atoms with Crippen molar-refractivity contribution in [3.63, 3.8) is 0 Å². The number of likely N-dealkylation sites (N-methyl/N-ethyl adjacent to an activating group) is 1. The zero-order valence-corrected chi connectivity index (χ0v) is 14.8. The average molecular weight is 356 g/mol. The molecule has 0 radical (unpaired) electrons. The number of sulfone groups is 1. The summed E-state index contributed by atoms with van der Waals surface area (Å²) in [6.07, 6.45) is 1.82. The van der Waals surface area contributed by atoms with Crippen molar-refractivity contribution in [1.82, 2.24) is 10.2 Å². The second-order valence-corrected chi connectivity index (χ2v) is 8.07. The largest absolute Gasteiger partial charge is 0.494 e. The van der Waals surface area contributed by atoms with Gasteiger partial charge < -0.3 is 20.1 Å². The van der Waals surface area contributed by atoms with Gasteiger partial charge in [-0.15, -0.1) is 0 Å². The molecule has 1 heterocycles. The van der Waals surface area contributed by atoms with Gasteiger partial charge in [0.25, 0.3) is 0 Å². The topological polar surface area (TPSA) is 95.9 Å². The summed E-state index contributed by atoms with van der Waals surface area (Å²) in [7, 11) is -1.47. The van der Waals surface area contributed by atoms with Crippen LogP contribution in [0.15, 0.2) is 29.2 Å². The number of β-amino-alcohol motifs (C(OH)–C–C–N with tert-alkyl or cyclic N) is 1. The number of hydrogen-bond acceptors (Lipinski definition) is 6. The maximum atomic E-state index is 12.1. The summed E-state index contributed by atoms with van der Waals surface area (Å²) in [5.41, 5.74) is 0. The Kier molecular flexibility index (Phi) is 6.20. The summed E-state index contributed by atoms with van der Waals surface area (Å²) in [5.74, 6) is 0.570. The van der Waals surface area contributed by atoms with Crippen LogP contribution in [0.25, 0.3) is 0 Å². The first-order valence-corrected chi connectivity index (χ1v) is 9.76. The van der Waals surface area contributed by atoms with Gasteiger partial charge in [-0.25, -0.2) is 8.42 Å². The van der Waals surface area contributed by atoms with E-state index in [0.717, 1.165) is 6.26 Å². The van der Waals surface area contributed by atoms with Gasteiger partial charge in [-0.3, -0.25) is 4.79 Å². The Bertz CT molecular complexity index is 660. The van der Waals surface area contributed by atoms with Crippen LogP contribution < -0.4 is 10.1 Å². The molecule has 1 fully saturated rings. The molecular formula is C16H24N2O5S. The molecule has 7 nitrogen and oxygen atoms in total. The molecule has 0 aliphatic carbocycles. The minimum Gasteiger partial charge on any atom is -0.494 e. The molecule has 1 aromatic carbocycles. The fourth-order valence-electron chi connectivity index (χ4n) is 2.56. The third kappa shape index (κ3) is 5.19. The highest BCUT2D eigenvalue weighted by molar-refractivity contribution is 7.90. The lowest BCUT2D eigenvalue weighted by Gasteiger charge is -2.21. The molecule has 1 aromatic rings. The predicted octanol–water partition coefficient (Wildman–Crippen LogP) is 0.0402. The monoisotopic (exact) mass is 356 g/mol. The van der Waals surface area contributed by atoms with Crippen molar-refractivity contribution >= 4 is 15.7 Å². The number of carbonyl (C=O) groups excluding carboxylic acids is 1. The second kappa shape index (κ2) is 7.96. The number of ether oxygens (including phenoxy) is 1. The maximum absolute atomic E-state index is 12.1. The van der Waals surface area contributed by atoms with Gasteiger partial charge in [0.05, 0.1) is 23.6 Å². The van der Waals surface area contributed by atoms with Crippen LogP contribution in [0.5, 0.6) is 5.75 Å². The number of carbonyl (C=O) groups is 1. The van der Waals surface area contributed by atoms with E-state index in [4.69, 9.17) is 4.74 Å². The fraction of sp³-hybridized carbons (Fsp3) is 0.562. The van der Waals surface area contributed by atoms with E-state index in [9.17, 15) is 18.3 Å². The number of benzene rings is 1. The van der Waals surface area contributed by atoms with Gasteiger partial charge in [-0.1, -0.05) is 0 Å². The van der Waals surface area contributed by atoms with Gasteiger partial charge in [0.2, 0.25) is 5.91 Å². The van der Waals surface area contributed by atoms with Gasteiger partial charge in [0.15, 0.2) is 9.84 Å². The molecule has 1 aliphatic heterocycles. The molecular weight excluding hydrogens is 332 g/mol. The third-order valence-corrected chi connectivity index (χ3v) is 5.07. The van der Waals surface area contributed by atoms with Crippen LogP contribution in [-0.2, 0) is 14.6 Å². The van der Waals surface area contributed by atoms with E-state index >= 15 is 0 Å². The van der Waals surface area contributed by atoms with Gasteiger partial charge in [0, 0.05) is 26.4 Å². The van der Waals surface area contributed by atoms with E-state index in [-0.39, 0.29) is 16.8 Å². The Morgan fingerprint density at radius 1 is 1.38 bits per heavy atom. The highest BCUT2D eigenvalue weighted by atomic mass is 32.2. The van der Waals surface area contributed by atoms with Crippen molar-refractivity contribution in [3.05, 3.63) is 24.3 Å². The molecule has 24 heavy (non-hydrogen) atoms. The molecule has 2 rings (SSSR count). The average Bonchev–Trinajstić information content (AvgIpc) is 2.96. The van der Waals surface area contributed by atoms with E-state index in [1.165, 1.54) is 12.1 Å². The van der Waals surface area contributed by atoms with Gasteiger partial charge in [-0.05, 0) is 37.1 Å². The lowest BCUT2D eigenvalue weighted by Crippen LogP contribution is -2.42. The molecule has 8 heteroatoms. The van der Waals surface area contributed by atoms with Crippen molar-refractivity contribution in [1.29, 1.82) is 0 Å². The zero-order chi connectivity index (χ0) is 17.7. The van der Waals surface area contributed by atoms with Crippen LogP contribution in [-0.4, -0.2) is 69.5 Å². The fourth-order valence-corrected chi connectivity index (χ4v) is 3.19. The number of amides is 1. The minimum atomic E-state index is -3.20. The van der Waals surface area contributed by atoms with Crippen molar-refractivity contribution in [3.8, 4) is 5.75 Å². The second-order valence-electron chi connectivity index (χ2n) is 6.06. The first-order chi connectivity index (χ1) is 11.3. The standard InChI is InChI=1S/C16H24N2O5S/c1-18(16(20)15-10-12(19)11-17-15)8-3-9-23-13-4-6-14(7-5-13)24(2,21)22/h4-7,12,15,17,19H,3,8-11H2,1-2H3. The molecule has 2 atom stereocenters. The molecule has 0 aromatic heterocycles. The molecule has 0 spiro atoms. The van der Waals surface area contributed by atoms with Gasteiger partial charge in [0.1, 0.15) is 5.75 Å². The van der Waals surface area contributed by atoms with E-state index in [1.54, 1.807) is 24.1 Å². The van der Waals surface area contributed by atoms with Crippen LogP contribution in [0.4, 0.5) is 0 Å². The first kappa shape index (κ1) is 18.7. The van der Waals surface area contributed by atoms with E-state index < -0.39 is 15.9 Å². The Morgan fingerprint density at radius 2 is 2.04 bits per heavy atom. The van der Waals surface area contributed by atoms with E-state index in [1.807, 2.05) is 0 Å². The molecule has 0 bridgehead atoms. The number of nitrogens with zero attached hydrogens (tertiary/aromatic N) is 1. The number of nitrogens with one attached hydrogen (secondary N) is 1. The Labute approximate surface area is 142 Å². The van der Waals surface area contributed by atoms with Crippen molar-refractivity contribution in [2.45, 2.75) is 29.9 Å². The van der Waals surface area contributed by atoms with Crippen LogP contribution in [0.1, 0.15) is 12.8 Å². The van der Waals surface area contributed by atoms with Crippen LogP contribution in [0, 0.1) is 0 Å². The lowest BCUT2D eigenvalue weighted by atomic mass is 10.2. The quantitative estimate of drug-likeness (QED) is 0.670. The van der Waals surface area contributed by atoms with Gasteiger partial charge in [-0.2, -0.15) is 0 Å². The molecule has 0 saturated carbocycles. The highest BCUT2D eigenvalue weighted by Crippen LogP contribution is 2.16. The van der Waals surface area contributed by atoms with Crippen LogP contribution >= 0.6 is 0 Å². The first-order valence-electron chi connectivity index (χ1n) is 7.86. The smallest absolute Gasteiger partial charge is 0.239 e. The van der Waals surface area contributed by atoms with Gasteiger partial charge >= 0.3 is 0 Å². The van der Waals surface area contributed by atoms with Crippen molar-refractivity contribution < 1.29 is 23.1 Å². The van der Waals surface area contributed by atoms with Crippen molar-refractivity contribution in [2.24, 2.45) is 0 Å². The lowest BCUT2D eigenvalue weighted by molar-refractivity contribution is -0.132. The molecule has 1 amide bonds. The predicted molar refractivity (Wildman–Crippen MR) is 89.7 cm³/mol. The molecule has 1 aliphatic rings.